The molecule has 0 saturated heterocycles. The molecule has 7 heteroatoms. The summed E-state index contributed by atoms with van der Waals surface area (Å²) >= 11 is 0. The van der Waals surface area contributed by atoms with Crippen LogP contribution in [0.4, 0.5) is 26.3 Å². The van der Waals surface area contributed by atoms with Crippen LogP contribution >= 0.6 is 0 Å². The van der Waals surface area contributed by atoms with E-state index in [1.807, 2.05) is 0 Å². The summed E-state index contributed by atoms with van der Waals surface area (Å²) in [5.74, 6) is 0. The van der Waals surface area contributed by atoms with Crippen molar-refractivity contribution in [1.29, 1.82) is 0 Å². The predicted molar refractivity (Wildman–Crippen MR) is 35.4 cm³/mol. The first kappa shape index (κ1) is 10.9. The van der Waals surface area contributed by atoms with Gasteiger partial charge in [0.2, 0.25) is 0 Å². The molecular weight excluding hydrogens is 212 g/mol. The molecule has 0 spiro atoms. The predicted octanol–water partition coefficient (Wildman–Crippen LogP) is 3.06. The van der Waals surface area contributed by atoms with E-state index in [0.717, 1.165) is 7.05 Å². The van der Waals surface area contributed by atoms with E-state index in [0.29, 0.717) is 12.1 Å². The van der Waals surface area contributed by atoms with Gasteiger partial charge in [-0.1, -0.05) is 0 Å². The molecule has 0 radical (unpaired) electrons. The number of hydrogen-bond donors (Lipinski definition) is 0. The first-order chi connectivity index (χ1) is 6.14. The quantitative estimate of drug-likeness (QED) is 0.588. The van der Waals surface area contributed by atoms with Crippen LogP contribution in [0.25, 0.3) is 0 Å². The lowest BCUT2D eigenvalue weighted by Crippen LogP contribution is -2.16. The topological polar surface area (TPSA) is 4.93 Å². The van der Waals surface area contributed by atoms with Gasteiger partial charge in [-0.3, -0.25) is 0 Å². The zero-order valence-corrected chi connectivity index (χ0v) is 6.87. The zero-order valence-electron chi connectivity index (χ0n) is 6.87. The average molecular weight is 217 g/mol. The summed E-state index contributed by atoms with van der Waals surface area (Å²) in [6.45, 7) is 0. The second-order valence-corrected chi connectivity index (χ2v) is 2.66. The molecule has 0 aliphatic carbocycles. The molecule has 0 N–H and O–H groups in total. The molecule has 0 bridgehead atoms. The first-order valence-electron chi connectivity index (χ1n) is 3.44. The van der Waals surface area contributed by atoms with Gasteiger partial charge in [-0.15, -0.1) is 0 Å². The van der Waals surface area contributed by atoms with E-state index in [4.69, 9.17) is 0 Å². The Balaban J connectivity index is 3.23. The van der Waals surface area contributed by atoms with Crippen molar-refractivity contribution in [3.8, 4) is 0 Å². The van der Waals surface area contributed by atoms with Crippen molar-refractivity contribution in [3.63, 3.8) is 0 Å². The van der Waals surface area contributed by atoms with Gasteiger partial charge in [-0.25, -0.2) is 0 Å². The molecule has 80 valence electrons. The van der Waals surface area contributed by atoms with Crippen molar-refractivity contribution >= 4 is 0 Å². The molecule has 0 aliphatic rings. The minimum atomic E-state index is -4.77. The number of aromatic nitrogens is 1. The Bertz CT molecular complexity index is 299. The highest BCUT2D eigenvalue weighted by Crippen LogP contribution is 2.35. The molecule has 0 aromatic carbocycles. The Hall–Kier alpha value is -1.14. The maximum atomic E-state index is 12.1. The Morgan fingerprint density at radius 2 is 1.14 bits per heavy atom. The highest BCUT2D eigenvalue weighted by molar-refractivity contribution is 5.20. The Morgan fingerprint density at radius 3 is 1.29 bits per heavy atom. The summed E-state index contributed by atoms with van der Waals surface area (Å²) in [5.41, 5.74) is -2.63. The summed E-state index contributed by atoms with van der Waals surface area (Å²) in [7, 11) is 0.728. The van der Waals surface area contributed by atoms with Gasteiger partial charge in [0.15, 0.2) is 0 Å². The summed E-state index contributed by atoms with van der Waals surface area (Å²) in [6.07, 6.45) is -9.53. The fraction of sp³-hybridized carbons (Fsp3) is 0.429. The van der Waals surface area contributed by atoms with Gasteiger partial charge in [0.1, 0.15) is 11.4 Å². The van der Waals surface area contributed by atoms with Crippen LogP contribution < -0.4 is 0 Å². The highest BCUT2D eigenvalue weighted by atomic mass is 19.4. The first-order valence-corrected chi connectivity index (χ1v) is 3.44. The second kappa shape index (κ2) is 2.93. The molecule has 0 amide bonds. The highest BCUT2D eigenvalue weighted by Gasteiger charge is 2.40. The third-order valence-corrected chi connectivity index (χ3v) is 1.70. The molecule has 0 atom stereocenters. The van der Waals surface area contributed by atoms with Crippen LogP contribution in [0, 0.1) is 0 Å². The normalized spacial score (nSPS) is 13.4. The fourth-order valence-electron chi connectivity index (χ4n) is 1.08. The lowest BCUT2D eigenvalue weighted by Gasteiger charge is -2.11. The number of alkyl halides is 6. The van der Waals surface area contributed by atoms with Crippen molar-refractivity contribution in [3.05, 3.63) is 23.5 Å². The summed E-state index contributed by atoms with van der Waals surface area (Å²) in [6, 6.07) is 0.811. The molecule has 1 heterocycles. The van der Waals surface area contributed by atoms with E-state index in [1.54, 1.807) is 0 Å². The van der Waals surface area contributed by atoms with E-state index in [9.17, 15) is 26.3 Å². The zero-order chi connectivity index (χ0) is 11.1. The van der Waals surface area contributed by atoms with E-state index in [2.05, 4.69) is 0 Å². The molecular formula is C7H5F6N. The third-order valence-electron chi connectivity index (χ3n) is 1.70. The molecule has 1 rings (SSSR count). The maximum Gasteiger partial charge on any atom is 0.431 e. The van der Waals surface area contributed by atoms with E-state index in [-0.39, 0.29) is 4.57 Å². The molecule has 1 aromatic rings. The van der Waals surface area contributed by atoms with Crippen LogP contribution in [0.2, 0.25) is 0 Å². The molecule has 1 aromatic heterocycles. The van der Waals surface area contributed by atoms with Crippen molar-refractivity contribution in [2.75, 3.05) is 0 Å². The van der Waals surface area contributed by atoms with Crippen molar-refractivity contribution in [2.24, 2.45) is 7.05 Å². The van der Waals surface area contributed by atoms with Gasteiger partial charge >= 0.3 is 12.4 Å². The van der Waals surface area contributed by atoms with E-state index >= 15 is 0 Å². The lowest BCUT2D eigenvalue weighted by atomic mass is 10.4. The van der Waals surface area contributed by atoms with Gasteiger partial charge in [0.05, 0.1) is 0 Å². The van der Waals surface area contributed by atoms with Gasteiger partial charge in [0, 0.05) is 7.05 Å². The minimum absolute atomic E-state index is 0.0833. The summed E-state index contributed by atoms with van der Waals surface area (Å²) < 4.78 is 72.5. The van der Waals surface area contributed by atoms with Gasteiger partial charge in [-0.05, 0) is 12.1 Å². The van der Waals surface area contributed by atoms with Crippen LogP contribution in [0.15, 0.2) is 12.1 Å². The number of nitrogens with zero attached hydrogens (tertiary/aromatic N) is 1. The van der Waals surface area contributed by atoms with E-state index < -0.39 is 23.7 Å². The second-order valence-electron chi connectivity index (χ2n) is 2.66. The molecule has 0 saturated carbocycles. The van der Waals surface area contributed by atoms with Crippen molar-refractivity contribution < 1.29 is 26.3 Å². The Kier molecular flexibility index (Phi) is 2.29. The van der Waals surface area contributed by atoms with Crippen LogP contribution in [0.1, 0.15) is 11.4 Å². The van der Waals surface area contributed by atoms with Gasteiger partial charge in [0.25, 0.3) is 0 Å². The Morgan fingerprint density at radius 1 is 0.857 bits per heavy atom. The third kappa shape index (κ3) is 1.85. The van der Waals surface area contributed by atoms with Crippen molar-refractivity contribution in [2.45, 2.75) is 12.4 Å². The molecule has 14 heavy (non-hydrogen) atoms. The Labute approximate surface area is 74.9 Å². The molecule has 0 fully saturated rings. The molecule has 0 unspecified atom stereocenters. The van der Waals surface area contributed by atoms with E-state index in [1.165, 1.54) is 0 Å². The molecule has 1 nitrogen and oxygen atoms in total. The smallest absolute Gasteiger partial charge is 0.337 e. The van der Waals surface area contributed by atoms with Crippen LogP contribution in [0.3, 0.4) is 0 Å². The van der Waals surface area contributed by atoms with Gasteiger partial charge < -0.3 is 4.57 Å². The number of hydrogen-bond acceptors (Lipinski definition) is 0. The van der Waals surface area contributed by atoms with Gasteiger partial charge in [-0.2, -0.15) is 26.3 Å². The maximum absolute atomic E-state index is 12.1. The van der Waals surface area contributed by atoms with Crippen LogP contribution in [-0.2, 0) is 19.4 Å². The largest absolute Gasteiger partial charge is 0.431 e. The minimum Gasteiger partial charge on any atom is -0.337 e. The standard InChI is InChI=1S/C7H5F6N/c1-14-4(6(8,9)10)2-3-5(14)7(11,12)13/h2-3H,1H3. The van der Waals surface area contributed by atoms with Crippen LogP contribution in [0.5, 0.6) is 0 Å². The fourth-order valence-corrected chi connectivity index (χ4v) is 1.08. The lowest BCUT2D eigenvalue weighted by molar-refractivity contribution is -0.152. The number of rotatable bonds is 0. The monoisotopic (exact) mass is 217 g/mol. The average Bonchev–Trinajstić information content (AvgIpc) is 2.26. The van der Waals surface area contributed by atoms with Crippen LogP contribution in [-0.4, -0.2) is 4.57 Å². The SMILES string of the molecule is Cn1c(C(F)(F)F)ccc1C(F)(F)F. The van der Waals surface area contributed by atoms with Crippen molar-refractivity contribution in [1.82, 2.24) is 4.57 Å². The summed E-state index contributed by atoms with van der Waals surface area (Å²) in [4.78, 5) is 0. The molecule has 0 aliphatic heterocycles. The summed E-state index contributed by atoms with van der Waals surface area (Å²) in [5, 5.41) is 0. The number of halogens is 6.